The summed E-state index contributed by atoms with van der Waals surface area (Å²) in [7, 11) is 0. The Hall–Kier alpha value is -1.35. The fraction of sp³-hybridized carbons (Fsp3) is 0.588. The molecule has 0 saturated carbocycles. The Bertz CT molecular complexity index is 468. The fourth-order valence-corrected chi connectivity index (χ4v) is 2.94. The quantitative estimate of drug-likeness (QED) is 0.888. The van der Waals surface area contributed by atoms with E-state index in [4.69, 9.17) is 0 Å². The van der Waals surface area contributed by atoms with Crippen molar-refractivity contribution in [2.45, 2.75) is 40.5 Å². The molecule has 1 saturated heterocycles. The van der Waals surface area contributed by atoms with Gasteiger partial charge in [0.1, 0.15) is 0 Å². The van der Waals surface area contributed by atoms with E-state index in [1.165, 1.54) is 0 Å². The molecule has 0 aliphatic carbocycles. The van der Waals surface area contributed by atoms with E-state index >= 15 is 0 Å². The summed E-state index contributed by atoms with van der Waals surface area (Å²) in [6, 6.07) is 6.10. The first-order valence-electron chi connectivity index (χ1n) is 7.51. The summed E-state index contributed by atoms with van der Waals surface area (Å²) in [6.07, 6.45) is 2.28. The first-order chi connectivity index (χ1) is 9.43. The smallest absolute Gasteiger partial charge is 0.230 e. The molecule has 1 aliphatic heterocycles. The molecular weight excluding hydrogens is 248 g/mol. The number of para-hydroxylation sites is 1. The molecule has 1 aromatic carbocycles. The highest BCUT2D eigenvalue weighted by molar-refractivity contribution is 5.96. The lowest BCUT2D eigenvalue weighted by Crippen LogP contribution is -2.45. The first-order valence-corrected chi connectivity index (χ1v) is 7.51. The van der Waals surface area contributed by atoms with Gasteiger partial charge in [-0.2, -0.15) is 0 Å². The van der Waals surface area contributed by atoms with E-state index in [0.29, 0.717) is 5.92 Å². The number of nitrogens with one attached hydrogen (secondary N) is 2. The van der Waals surface area contributed by atoms with Crippen LogP contribution < -0.4 is 10.6 Å². The van der Waals surface area contributed by atoms with Gasteiger partial charge in [-0.3, -0.25) is 4.79 Å². The van der Waals surface area contributed by atoms with E-state index in [0.717, 1.165) is 42.7 Å². The molecule has 0 radical (unpaired) electrons. The standard InChI is InChI=1S/C17H26N2O/c1-12-7-5-8-13(2)15(12)19-16(20)17(3,4)14-9-6-10-18-11-14/h5,7-8,14,18H,6,9-11H2,1-4H3,(H,19,20). The van der Waals surface area contributed by atoms with Gasteiger partial charge in [-0.15, -0.1) is 0 Å². The van der Waals surface area contributed by atoms with Crippen LogP contribution in [-0.2, 0) is 4.79 Å². The van der Waals surface area contributed by atoms with Crippen LogP contribution in [0.1, 0.15) is 37.8 Å². The maximum absolute atomic E-state index is 12.7. The largest absolute Gasteiger partial charge is 0.325 e. The molecule has 1 aliphatic rings. The minimum Gasteiger partial charge on any atom is -0.325 e. The molecule has 1 aromatic rings. The Morgan fingerprint density at radius 3 is 2.50 bits per heavy atom. The Morgan fingerprint density at radius 1 is 1.30 bits per heavy atom. The van der Waals surface area contributed by atoms with Crippen molar-refractivity contribution in [2.24, 2.45) is 11.3 Å². The van der Waals surface area contributed by atoms with Gasteiger partial charge in [0.15, 0.2) is 0 Å². The molecule has 0 aromatic heterocycles. The van der Waals surface area contributed by atoms with Gasteiger partial charge in [-0.05, 0) is 56.8 Å². The number of rotatable bonds is 3. The molecule has 0 bridgehead atoms. The van der Waals surface area contributed by atoms with Crippen molar-refractivity contribution in [3.63, 3.8) is 0 Å². The summed E-state index contributed by atoms with van der Waals surface area (Å²) in [6.45, 7) is 10.2. The lowest BCUT2D eigenvalue weighted by molar-refractivity contribution is -0.127. The van der Waals surface area contributed by atoms with Crippen molar-refractivity contribution in [1.29, 1.82) is 0 Å². The zero-order valence-electron chi connectivity index (χ0n) is 13.0. The molecule has 1 unspecified atom stereocenters. The number of piperidine rings is 1. The van der Waals surface area contributed by atoms with Crippen LogP contribution in [0, 0.1) is 25.2 Å². The number of anilines is 1. The minimum absolute atomic E-state index is 0.128. The number of aryl methyl sites for hydroxylation is 2. The number of carbonyl (C=O) groups excluding carboxylic acids is 1. The maximum atomic E-state index is 12.7. The fourth-order valence-electron chi connectivity index (χ4n) is 2.94. The van der Waals surface area contributed by atoms with Crippen LogP contribution in [0.3, 0.4) is 0 Å². The monoisotopic (exact) mass is 274 g/mol. The average molecular weight is 274 g/mol. The number of hydrogen-bond acceptors (Lipinski definition) is 2. The van der Waals surface area contributed by atoms with E-state index in [1.807, 2.05) is 32.0 Å². The van der Waals surface area contributed by atoms with Gasteiger partial charge < -0.3 is 10.6 Å². The van der Waals surface area contributed by atoms with Crippen LogP contribution >= 0.6 is 0 Å². The van der Waals surface area contributed by atoms with E-state index in [1.54, 1.807) is 0 Å². The molecule has 3 nitrogen and oxygen atoms in total. The second-order valence-corrected chi connectivity index (χ2v) is 6.49. The highest BCUT2D eigenvalue weighted by Crippen LogP contribution is 2.33. The van der Waals surface area contributed by atoms with Gasteiger partial charge in [0.2, 0.25) is 5.91 Å². The predicted molar refractivity (Wildman–Crippen MR) is 83.9 cm³/mol. The summed E-state index contributed by atoms with van der Waals surface area (Å²) in [5, 5.41) is 6.55. The summed E-state index contributed by atoms with van der Waals surface area (Å²) >= 11 is 0. The molecule has 1 fully saturated rings. The Morgan fingerprint density at radius 2 is 1.95 bits per heavy atom. The molecule has 20 heavy (non-hydrogen) atoms. The highest BCUT2D eigenvalue weighted by atomic mass is 16.2. The van der Waals surface area contributed by atoms with Gasteiger partial charge in [-0.25, -0.2) is 0 Å². The lowest BCUT2D eigenvalue weighted by Gasteiger charge is -2.36. The third-order valence-electron chi connectivity index (χ3n) is 4.62. The van der Waals surface area contributed by atoms with E-state index < -0.39 is 0 Å². The van der Waals surface area contributed by atoms with Gasteiger partial charge in [-0.1, -0.05) is 32.0 Å². The average Bonchev–Trinajstić information content (AvgIpc) is 2.43. The van der Waals surface area contributed by atoms with Crippen LogP contribution in [0.5, 0.6) is 0 Å². The molecule has 2 rings (SSSR count). The van der Waals surface area contributed by atoms with Crippen LogP contribution in [0.15, 0.2) is 18.2 Å². The zero-order chi connectivity index (χ0) is 14.8. The zero-order valence-corrected chi connectivity index (χ0v) is 13.0. The molecule has 2 N–H and O–H groups in total. The lowest BCUT2D eigenvalue weighted by atomic mass is 9.74. The SMILES string of the molecule is Cc1cccc(C)c1NC(=O)C(C)(C)C1CCCNC1. The Kier molecular flexibility index (Phi) is 4.48. The molecule has 3 heteroatoms. The third-order valence-corrected chi connectivity index (χ3v) is 4.62. The molecule has 110 valence electrons. The van der Waals surface area contributed by atoms with Crippen LogP contribution in [0.4, 0.5) is 5.69 Å². The molecule has 0 spiro atoms. The summed E-state index contributed by atoms with van der Waals surface area (Å²) < 4.78 is 0. The van der Waals surface area contributed by atoms with Crippen LogP contribution in [-0.4, -0.2) is 19.0 Å². The number of amides is 1. The van der Waals surface area contributed by atoms with Gasteiger partial charge in [0.25, 0.3) is 0 Å². The van der Waals surface area contributed by atoms with Gasteiger partial charge in [0.05, 0.1) is 0 Å². The van der Waals surface area contributed by atoms with Gasteiger partial charge in [0, 0.05) is 11.1 Å². The third kappa shape index (κ3) is 3.04. The maximum Gasteiger partial charge on any atom is 0.230 e. The van der Waals surface area contributed by atoms with Crippen molar-refractivity contribution in [3.8, 4) is 0 Å². The van der Waals surface area contributed by atoms with Crippen molar-refractivity contribution >= 4 is 11.6 Å². The van der Waals surface area contributed by atoms with Crippen molar-refractivity contribution < 1.29 is 4.79 Å². The first kappa shape index (κ1) is 15.0. The van der Waals surface area contributed by atoms with E-state index in [2.05, 4.69) is 24.5 Å². The van der Waals surface area contributed by atoms with Crippen molar-refractivity contribution in [3.05, 3.63) is 29.3 Å². The Balaban J connectivity index is 2.14. The second kappa shape index (κ2) is 5.96. The molecular formula is C17H26N2O. The number of hydrogen-bond donors (Lipinski definition) is 2. The Labute approximate surface area is 122 Å². The van der Waals surface area contributed by atoms with E-state index in [-0.39, 0.29) is 11.3 Å². The van der Waals surface area contributed by atoms with Crippen LogP contribution in [0.25, 0.3) is 0 Å². The van der Waals surface area contributed by atoms with Crippen molar-refractivity contribution in [2.75, 3.05) is 18.4 Å². The molecule has 1 atom stereocenters. The molecule has 1 heterocycles. The minimum atomic E-state index is -0.345. The van der Waals surface area contributed by atoms with Gasteiger partial charge >= 0.3 is 0 Å². The van der Waals surface area contributed by atoms with Crippen molar-refractivity contribution in [1.82, 2.24) is 5.32 Å². The summed E-state index contributed by atoms with van der Waals surface area (Å²) in [4.78, 5) is 12.7. The normalized spacial score (nSPS) is 19.7. The summed E-state index contributed by atoms with van der Waals surface area (Å²) in [5.41, 5.74) is 2.86. The summed E-state index contributed by atoms with van der Waals surface area (Å²) in [5.74, 6) is 0.532. The number of benzene rings is 1. The second-order valence-electron chi connectivity index (χ2n) is 6.49. The van der Waals surface area contributed by atoms with E-state index in [9.17, 15) is 4.79 Å². The number of carbonyl (C=O) groups is 1. The highest BCUT2D eigenvalue weighted by Gasteiger charge is 2.37. The topological polar surface area (TPSA) is 41.1 Å². The predicted octanol–water partition coefficient (Wildman–Crippen LogP) is 3.27. The van der Waals surface area contributed by atoms with Crippen LogP contribution in [0.2, 0.25) is 0 Å². The molecule has 1 amide bonds.